The molecule has 3 aromatic rings. The molecule has 2 aromatic carbocycles. The van der Waals surface area contributed by atoms with Crippen LogP contribution in [-0.4, -0.2) is 58.3 Å². The van der Waals surface area contributed by atoms with Crippen LogP contribution in [0.5, 0.6) is 17.4 Å². The molecule has 7 nitrogen and oxygen atoms in total. The number of pyridine rings is 1. The van der Waals surface area contributed by atoms with Gasteiger partial charge in [0.1, 0.15) is 5.82 Å². The number of morpholine rings is 1. The van der Waals surface area contributed by atoms with Crippen LogP contribution in [0, 0.1) is 6.92 Å². The molecule has 1 aliphatic heterocycles. The van der Waals surface area contributed by atoms with Gasteiger partial charge in [0, 0.05) is 31.8 Å². The standard InChI is InChI=1S/C28H33N3O4/c1-21-5-4-6-23(15-21)19-29-20-24-17-27(31-10-13-34-14-11-31)30-28(18-24)35-12-9-22-7-8-25(32-2)26(16-22)33-3/h4-8,15-19H,9-14,20H2,1-3H3. The first-order valence-corrected chi connectivity index (χ1v) is 11.9. The zero-order valence-electron chi connectivity index (χ0n) is 20.7. The molecular weight excluding hydrogens is 442 g/mol. The summed E-state index contributed by atoms with van der Waals surface area (Å²) < 4.78 is 22.3. The van der Waals surface area contributed by atoms with Crippen molar-refractivity contribution in [3.63, 3.8) is 0 Å². The number of rotatable bonds is 10. The Morgan fingerprint density at radius 1 is 0.971 bits per heavy atom. The summed E-state index contributed by atoms with van der Waals surface area (Å²) in [5.74, 6) is 2.94. The van der Waals surface area contributed by atoms with Crippen molar-refractivity contribution in [2.75, 3.05) is 52.0 Å². The number of aromatic nitrogens is 1. The summed E-state index contributed by atoms with van der Waals surface area (Å²) in [7, 11) is 3.28. The van der Waals surface area contributed by atoms with E-state index in [9.17, 15) is 0 Å². The third kappa shape index (κ3) is 6.96. The summed E-state index contributed by atoms with van der Waals surface area (Å²) in [6, 6.07) is 18.3. The van der Waals surface area contributed by atoms with Gasteiger partial charge in [-0.15, -0.1) is 0 Å². The van der Waals surface area contributed by atoms with Crippen molar-refractivity contribution in [1.29, 1.82) is 0 Å². The van der Waals surface area contributed by atoms with Crippen LogP contribution in [-0.2, 0) is 17.7 Å². The van der Waals surface area contributed by atoms with Gasteiger partial charge in [-0.3, -0.25) is 4.99 Å². The van der Waals surface area contributed by atoms with Crippen LogP contribution in [0.3, 0.4) is 0 Å². The molecule has 0 unspecified atom stereocenters. The minimum atomic E-state index is 0.501. The van der Waals surface area contributed by atoms with Gasteiger partial charge in [0.2, 0.25) is 5.88 Å². The molecule has 1 aromatic heterocycles. The number of aryl methyl sites for hydroxylation is 1. The van der Waals surface area contributed by atoms with Crippen LogP contribution in [0.4, 0.5) is 5.82 Å². The SMILES string of the molecule is COc1ccc(CCOc2cc(CN=Cc3cccc(C)c3)cc(N3CCOCC3)n2)cc1OC. The second-order valence-corrected chi connectivity index (χ2v) is 8.44. The maximum absolute atomic E-state index is 6.10. The lowest BCUT2D eigenvalue weighted by molar-refractivity contribution is 0.122. The lowest BCUT2D eigenvalue weighted by Gasteiger charge is -2.28. The van der Waals surface area contributed by atoms with Gasteiger partial charge in [0.05, 0.1) is 40.6 Å². The maximum atomic E-state index is 6.10. The van der Waals surface area contributed by atoms with Crippen LogP contribution in [0.15, 0.2) is 59.6 Å². The van der Waals surface area contributed by atoms with Gasteiger partial charge in [-0.2, -0.15) is 4.98 Å². The normalized spacial score (nSPS) is 13.7. The lowest BCUT2D eigenvalue weighted by atomic mass is 10.1. The predicted molar refractivity (Wildman–Crippen MR) is 138 cm³/mol. The largest absolute Gasteiger partial charge is 0.493 e. The molecule has 7 heteroatoms. The van der Waals surface area contributed by atoms with Crippen LogP contribution < -0.4 is 19.1 Å². The number of anilines is 1. The fraction of sp³-hybridized carbons (Fsp3) is 0.357. The number of nitrogens with zero attached hydrogens (tertiary/aromatic N) is 3. The number of hydrogen-bond acceptors (Lipinski definition) is 7. The number of hydrogen-bond donors (Lipinski definition) is 0. The van der Waals surface area contributed by atoms with Crippen molar-refractivity contribution in [1.82, 2.24) is 4.98 Å². The monoisotopic (exact) mass is 475 g/mol. The van der Waals surface area contributed by atoms with Crippen molar-refractivity contribution in [2.24, 2.45) is 4.99 Å². The summed E-state index contributed by atoms with van der Waals surface area (Å²) in [5, 5.41) is 0. The molecular formula is C28H33N3O4. The highest BCUT2D eigenvalue weighted by atomic mass is 16.5. The molecule has 35 heavy (non-hydrogen) atoms. The zero-order valence-corrected chi connectivity index (χ0v) is 20.7. The Hall–Kier alpha value is -3.58. The Balaban J connectivity index is 1.46. The average Bonchev–Trinajstić information content (AvgIpc) is 2.89. The van der Waals surface area contributed by atoms with Crippen LogP contribution in [0.2, 0.25) is 0 Å². The summed E-state index contributed by atoms with van der Waals surface area (Å²) >= 11 is 0. The Bertz CT molecular complexity index is 1140. The molecule has 1 saturated heterocycles. The summed E-state index contributed by atoms with van der Waals surface area (Å²) in [6.45, 7) is 6.17. The van der Waals surface area contributed by atoms with Crippen LogP contribution in [0.1, 0.15) is 22.3 Å². The quantitative estimate of drug-likeness (QED) is 0.403. The van der Waals surface area contributed by atoms with E-state index in [4.69, 9.17) is 23.9 Å². The molecule has 0 N–H and O–H groups in total. The second-order valence-electron chi connectivity index (χ2n) is 8.44. The van der Waals surface area contributed by atoms with Crippen molar-refractivity contribution in [3.8, 4) is 17.4 Å². The van der Waals surface area contributed by atoms with Gasteiger partial charge in [0.25, 0.3) is 0 Å². The highest BCUT2D eigenvalue weighted by Crippen LogP contribution is 2.28. The van der Waals surface area contributed by atoms with Crippen molar-refractivity contribution >= 4 is 12.0 Å². The first kappa shape index (κ1) is 24.5. The second kappa shape index (κ2) is 12.2. The van der Waals surface area contributed by atoms with Crippen LogP contribution in [0.25, 0.3) is 0 Å². The van der Waals surface area contributed by atoms with Crippen molar-refractivity contribution < 1.29 is 18.9 Å². The molecule has 184 valence electrons. The molecule has 1 fully saturated rings. The van der Waals surface area contributed by atoms with E-state index in [-0.39, 0.29) is 0 Å². The Kier molecular flexibility index (Phi) is 8.57. The Morgan fingerprint density at radius 3 is 2.57 bits per heavy atom. The molecule has 0 bridgehead atoms. The zero-order chi connectivity index (χ0) is 24.5. The smallest absolute Gasteiger partial charge is 0.215 e. The fourth-order valence-electron chi connectivity index (χ4n) is 3.98. The van der Waals surface area contributed by atoms with E-state index < -0.39 is 0 Å². The van der Waals surface area contributed by atoms with Crippen molar-refractivity contribution in [2.45, 2.75) is 19.9 Å². The molecule has 4 rings (SSSR count). The first-order chi connectivity index (χ1) is 17.1. The minimum Gasteiger partial charge on any atom is -0.493 e. The van der Waals surface area contributed by atoms with Gasteiger partial charge < -0.3 is 23.8 Å². The lowest BCUT2D eigenvalue weighted by Crippen LogP contribution is -2.36. The van der Waals surface area contributed by atoms with E-state index >= 15 is 0 Å². The number of aliphatic imine (C=N–C) groups is 1. The van der Waals surface area contributed by atoms with E-state index in [0.717, 1.165) is 42.0 Å². The number of methoxy groups -OCH3 is 2. The highest BCUT2D eigenvalue weighted by molar-refractivity contribution is 5.79. The van der Waals surface area contributed by atoms with Gasteiger partial charge in [-0.05, 0) is 41.8 Å². The number of benzene rings is 2. The van der Waals surface area contributed by atoms with E-state index in [1.54, 1.807) is 14.2 Å². The van der Waals surface area contributed by atoms with Crippen LogP contribution >= 0.6 is 0 Å². The van der Waals surface area contributed by atoms with E-state index in [0.29, 0.717) is 43.7 Å². The van der Waals surface area contributed by atoms with Gasteiger partial charge in [-0.25, -0.2) is 0 Å². The summed E-state index contributed by atoms with van der Waals surface area (Å²) in [4.78, 5) is 11.7. The maximum Gasteiger partial charge on any atom is 0.215 e. The Labute approximate surface area is 207 Å². The Morgan fingerprint density at radius 2 is 1.80 bits per heavy atom. The average molecular weight is 476 g/mol. The molecule has 0 saturated carbocycles. The molecule has 0 spiro atoms. The summed E-state index contributed by atoms with van der Waals surface area (Å²) in [6.07, 6.45) is 2.64. The molecule has 0 aliphatic carbocycles. The van der Waals surface area contributed by atoms with Crippen molar-refractivity contribution in [3.05, 3.63) is 76.9 Å². The van der Waals surface area contributed by atoms with Gasteiger partial charge in [0.15, 0.2) is 11.5 Å². The van der Waals surface area contributed by atoms with Gasteiger partial charge in [-0.1, -0.05) is 35.9 Å². The number of ether oxygens (including phenoxy) is 4. The van der Waals surface area contributed by atoms with E-state index in [1.165, 1.54) is 5.56 Å². The summed E-state index contributed by atoms with van der Waals surface area (Å²) in [5.41, 5.74) is 4.48. The molecule has 2 heterocycles. The van der Waals surface area contributed by atoms with Gasteiger partial charge >= 0.3 is 0 Å². The third-order valence-corrected chi connectivity index (χ3v) is 5.83. The van der Waals surface area contributed by atoms with E-state index in [1.807, 2.05) is 36.5 Å². The predicted octanol–water partition coefficient (Wildman–Crippen LogP) is 4.48. The molecule has 0 amide bonds. The highest BCUT2D eigenvalue weighted by Gasteiger charge is 2.15. The van der Waals surface area contributed by atoms with E-state index in [2.05, 4.69) is 41.1 Å². The first-order valence-electron chi connectivity index (χ1n) is 11.9. The minimum absolute atomic E-state index is 0.501. The third-order valence-electron chi connectivity index (χ3n) is 5.83. The topological polar surface area (TPSA) is 65.4 Å². The molecule has 1 aliphatic rings. The molecule has 0 radical (unpaired) electrons. The fourth-order valence-corrected chi connectivity index (χ4v) is 3.98. The molecule has 0 atom stereocenters.